The predicted octanol–water partition coefficient (Wildman–Crippen LogP) is 4.35. The van der Waals surface area contributed by atoms with Gasteiger partial charge in [0.25, 0.3) is 5.91 Å². The average molecular weight is 377 g/mol. The molecule has 28 heavy (non-hydrogen) atoms. The summed E-state index contributed by atoms with van der Waals surface area (Å²) in [6.07, 6.45) is 1.61. The normalized spacial score (nSPS) is 10.2. The lowest BCUT2D eigenvalue weighted by Gasteiger charge is -2.09. The van der Waals surface area contributed by atoms with Crippen LogP contribution in [0.15, 0.2) is 66.9 Å². The zero-order valence-electron chi connectivity index (χ0n) is 15.9. The fourth-order valence-corrected chi connectivity index (χ4v) is 2.61. The maximum atomic E-state index is 12.5. The van der Waals surface area contributed by atoms with Crippen LogP contribution in [-0.4, -0.2) is 24.6 Å². The van der Waals surface area contributed by atoms with Crippen LogP contribution >= 0.6 is 0 Å². The molecule has 0 aliphatic heterocycles. The van der Waals surface area contributed by atoms with Crippen molar-refractivity contribution < 1.29 is 14.3 Å². The number of hydrogen-bond donors (Lipinski definition) is 2. The third-order valence-corrected chi connectivity index (χ3v) is 4.08. The Hall–Kier alpha value is -3.54. The van der Waals surface area contributed by atoms with Crippen molar-refractivity contribution in [3.05, 3.63) is 78.0 Å². The van der Waals surface area contributed by atoms with Crippen molar-refractivity contribution in [1.82, 2.24) is 4.98 Å². The monoisotopic (exact) mass is 377 g/mol. The molecule has 0 aliphatic carbocycles. The Kier molecular flexibility index (Phi) is 6.46. The molecule has 3 aromatic rings. The number of carbonyl (C=O) groups is 1. The Morgan fingerprint density at radius 2 is 1.71 bits per heavy atom. The van der Waals surface area contributed by atoms with Crippen LogP contribution < -0.4 is 20.1 Å². The van der Waals surface area contributed by atoms with Crippen LogP contribution in [0.25, 0.3) is 0 Å². The second kappa shape index (κ2) is 9.41. The molecule has 2 aromatic carbocycles. The summed E-state index contributed by atoms with van der Waals surface area (Å²) >= 11 is 0. The molecule has 0 bridgehead atoms. The fourth-order valence-electron chi connectivity index (χ4n) is 2.61. The molecule has 3 rings (SSSR count). The van der Waals surface area contributed by atoms with Gasteiger partial charge in [-0.3, -0.25) is 4.79 Å². The number of aromatic nitrogens is 1. The summed E-state index contributed by atoms with van der Waals surface area (Å²) in [7, 11) is 1.64. The zero-order chi connectivity index (χ0) is 19.8. The molecule has 0 atom stereocenters. The maximum absolute atomic E-state index is 12.5. The highest BCUT2D eigenvalue weighted by molar-refractivity contribution is 6.04. The summed E-state index contributed by atoms with van der Waals surface area (Å²) in [4.78, 5) is 16.8. The zero-order valence-corrected chi connectivity index (χ0v) is 15.9. The van der Waals surface area contributed by atoms with Crippen LogP contribution in [0.2, 0.25) is 0 Å². The van der Waals surface area contributed by atoms with Crippen molar-refractivity contribution in [3.63, 3.8) is 0 Å². The number of benzene rings is 2. The van der Waals surface area contributed by atoms with Gasteiger partial charge in [0.05, 0.1) is 13.7 Å². The average Bonchev–Trinajstić information content (AvgIpc) is 2.74. The lowest BCUT2D eigenvalue weighted by atomic mass is 10.2. The Bertz CT molecular complexity index is 909. The Morgan fingerprint density at radius 1 is 1.00 bits per heavy atom. The van der Waals surface area contributed by atoms with Crippen molar-refractivity contribution in [1.29, 1.82) is 0 Å². The molecule has 0 saturated carbocycles. The standard InChI is InChI=1S/C22H23N3O3/c1-3-28-20-10-6-18(7-11-20)25-22(26)17-12-13-23-21(14-17)24-15-16-4-8-19(27-2)9-5-16/h4-14H,3,15H2,1-2H3,(H,23,24)(H,25,26). The molecule has 6 nitrogen and oxygen atoms in total. The number of nitrogens with one attached hydrogen (secondary N) is 2. The number of carbonyl (C=O) groups excluding carboxylic acids is 1. The number of hydrogen-bond acceptors (Lipinski definition) is 5. The summed E-state index contributed by atoms with van der Waals surface area (Å²) in [5.41, 5.74) is 2.32. The lowest BCUT2D eigenvalue weighted by Crippen LogP contribution is -2.12. The summed E-state index contributed by atoms with van der Waals surface area (Å²) in [6.45, 7) is 3.13. The van der Waals surface area contributed by atoms with Gasteiger partial charge in [-0.25, -0.2) is 4.98 Å². The molecule has 1 amide bonds. The minimum absolute atomic E-state index is 0.195. The van der Waals surface area contributed by atoms with Crippen molar-refractivity contribution >= 4 is 17.4 Å². The van der Waals surface area contributed by atoms with Crippen LogP contribution in [0, 0.1) is 0 Å². The fraction of sp³-hybridized carbons (Fsp3) is 0.182. The Morgan fingerprint density at radius 3 is 2.39 bits per heavy atom. The lowest BCUT2D eigenvalue weighted by molar-refractivity contribution is 0.102. The molecular formula is C22H23N3O3. The molecule has 0 spiro atoms. The van der Waals surface area contributed by atoms with Crippen LogP contribution in [0.5, 0.6) is 11.5 Å². The molecule has 0 aliphatic rings. The third-order valence-electron chi connectivity index (χ3n) is 4.08. The first-order chi connectivity index (χ1) is 13.7. The van der Waals surface area contributed by atoms with Gasteiger partial charge in [-0.1, -0.05) is 12.1 Å². The molecule has 144 valence electrons. The van der Waals surface area contributed by atoms with Gasteiger partial charge >= 0.3 is 0 Å². The van der Waals surface area contributed by atoms with E-state index in [1.807, 2.05) is 55.5 Å². The van der Waals surface area contributed by atoms with Crippen molar-refractivity contribution in [2.45, 2.75) is 13.5 Å². The van der Waals surface area contributed by atoms with Gasteiger partial charge in [-0.2, -0.15) is 0 Å². The summed E-state index contributed by atoms with van der Waals surface area (Å²) in [5, 5.41) is 6.11. The molecule has 2 N–H and O–H groups in total. The van der Waals surface area contributed by atoms with Gasteiger partial charge in [0, 0.05) is 24.0 Å². The molecule has 6 heteroatoms. The van der Waals surface area contributed by atoms with Crippen LogP contribution in [0.3, 0.4) is 0 Å². The first-order valence-electron chi connectivity index (χ1n) is 9.05. The molecular weight excluding hydrogens is 354 g/mol. The SMILES string of the molecule is CCOc1ccc(NC(=O)c2ccnc(NCc3ccc(OC)cc3)c2)cc1. The minimum atomic E-state index is -0.195. The van der Waals surface area contributed by atoms with Crippen molar-refractivity contribution in [2.75, 3.05) is 24.4 Å². The molecule has 1 heterocycles. The van der Waals surface area contributed by atoms with Crippen molar-refractivity contribution in [2.24, 2.45) is 0 Å². The number of anilines is 2. The smallest absolute Gasteiger partial charge is 0.255 e. The van der Waals surface area contributed by atoms with Crippen molar-refractivity contribution in [3.8, 4) is 11.5 Å². The molecule has 0 radical (unpaired) electrons. The van der Waals surface area contributed by atoms with E-state index in [9.17, 15) is 4.79 Å². The van der Waals surface area contributed by atoms with Gasteiger partial charge in [-0.15, -0.1) is 0 Å². The van der Waals surface area contributed by atoms with Crippen LogP contribution in [-0.2, 0) is 6.54 Å². The maximum Gasteiger partial charge on any atom is 0.255 e. The van der Waals surface area contributed by atoms with Gasteiger partial charge in [0.1, 0.15) is 17.3 Å². The molecule has 0 fully saturated rings. The topological polar surface area (TPSA) is 72.5 Å². The van der Waals surface area contributed by atoms with E-state index in [-0.39, 0.29) is 5.91 Å². The van der Waals surface area contributed by atoms with Gasteiger partial charge in [0.15, 0.2) is 0 Å². The first-order valence-corrected chi connectivity index (χ1v) is 9.05. The van der Waals surface area contributed by atoms with Gasteiger partial charge in [0.2, 0.25) is 0 Å². The summed E-state index contributed by atoms with van der Waals surface area (Å²) in [5.74, 6) is 2.03. The number of methoxy groups -OCH3 is 1. The number of rotatable bonds is 8. The van der Waals surface area contributed by atoms with Gasteiger partial charge in [-0.05, 0) is 61.0 Å². The van der Waals surface area contributed by atoms with E-state index in [4.69, 9.17) is 9.47 Å². The van der Waals surface area contributed by atoms with E-state index in [1.54, 1.807) is 25.4 Å². The summed E-state index contributed by atoms with van der Waals surface area (Å²) < 4.78 is 10.6. The van der Waals surface area contributed by atoms with E-state index in [0.29, 0.717) is 30.2 Å². The van der Waals surface area contributed by atoms with E-state index in [1.165, 1.54) is 0 Å². The van der Waals surface area contributed by atoms with E-state index < -0.39 is 0 Å². The Labute approximate surface area is 164 Å². The van der Waals surface area contributed by atoms with Crippen LogP contribution in [0.1, 0.15) is 22.8 Å². The van der Waals surface area contributed by atoms with E-state index in [2.05, 4.69) is 15.6 Å². The second-order valence-electron chi connectivity index (χ2n) is 6.04. The highest BCUT2D eigenvalue weighted by Gasteiger charge is 2.08. The minimum Gasteiger partial charge on any atom is -0.497 e. The molecule has 0 unspecified atom stereocenters. The second-order valence-corrected chi connectivity index (χ2v) is 6.04. The molecule has 1 aromatic heterocycles. The molecule has 0 saturated heterocycles. The largest absolute Gasteiger partial charge is 0.497 e. The first kappa shape index (κ1) is 19.2. The third kappa shape index (κ3) is 5.23. The van der Waals surface area contributed by atoms with Gasteiger partial charge < -0.3 is 20.1 Å². The number of nitrogens with zero attached hydrogens (tertiary/aromatic N) is 1. The van der Waals surface area contributed by atoms with Crippen LogP contribution in [0.4, 0.5) is 11.5 Å². The Balaban J connectivity index is 1.60. The number of ether oxygens (including phenoxy) is 2. The van der Waals surface area contributed by atoms with E-state index in [0.717, 1.165) is 17.1 Å². The predicted molar refractivity (Wildman–Crippen MR) is 110 cm³/mol. The number of pyridine rings is 1. The highest BCUT2D eigenvalue weighted by atomic mass is 16.5. The number of amides is 1. The summed E-state index contributed by atoms with van der Waals surface area (Å²) in [6, 6.07) is 18.5. The highest BCUT2D eigenvalue weighted by Crippen LogP contribution is 2.17. The quantitative estimate of drug-likeness (QED) is 0.610. The van der Waals surface area contributed by atoms with E-state index >= 15 is 0 Å².